The van der Waals surface area contributed by atoms with Crippen LogP contribution in [0.1, 0.15) is 0 Å². The van der Waals surface area contributed by atoms with E-state index in [2.05, 4.69) is 4.74 Å². The number of nitro benzene ring substituents is 1. The van der Waals surface area contributed by atoms with E-state index < -0.39 is 10.9 Å². The number of hydrogen-bond acceptors (Lipinski definition) is 14. The molecule has 42 heavy (non-hydrogen) atoms. The minimum absolute atomic E-state index is 0.0222. The van der Waals surface area contributed by atoms with Crippen molar-refractivity contribution in [2.24, 2.45) is 0 Å². The topological polar surface area (TPSA) is 162 Å². The number of ether oxygens (including phenoxy) is 11. The molecule has 0 fully saturated rings. The summed E-state index contributed by atoms with van der Waals surface area (Å²) in [4.78, 5) is 21.0. The average Bonchev–Trinajstić information content (AvgIpc) is 3.00. The molecule has 0 aliphatic carbocycles. The lowest BCUT2D eigenvalue weighted by molar-refractivity contribution is -0.384. The number of nitrogens with zero attached hydrogens (tertiary/aromatic N) is 1. The summed E-state index contributed by atoms with van der Waals surface area (Å²) in [6.45, 7) is 7.81. The van der Waals surface area contributed by atoms with E-state index in [1.165, 1.54) is 19.2 Å². The van der Waals surface area contributed by atoms with Crippen LogP contribution in [-0.2, 0) is 52.2 Å². The fraction of sp³-hybridized carbons (Fsp3) is 0.741. The maximum Gasteiger partial charge on any atom is 0.331 e. The Balaban J connectivity index is 1.67. The smallest absolute Gasteiger partial charge is 0.331 e. The van der Waals surface area contributed by atoms with Gasteiger partial charge in [0.05, 0.1) is 124 Å². The fourth-order valence-electron chi connectivity index (χ4n) is 2.86. The van der Waals surface area contributed by atoms with Crippen molar-refractivity contribution in [1.82, 2.24) is 0 Å². The number of carbonyl (C=O) groups excluding carboxylic acids is 1. The number of esters is 1. The Morgan fingerprint density at radius 3 is 1.17 bits per heavy atom. The van der Waals surface area contributed by atoms with Crippen molar-refractivity contribution in [3.63, 3.8) is 0 Å². The second-order valence-corrected chi connectivity index (χ2v) is 8.13. The third kappa shape index (κ3) is 24.2. The van der Waals surface area contributed by atoms with Gasteiger partial charge in [0.15, 0.2) is 0 Å². The quantitative estimate of drug-likeness (QED) is 0.0514. The Labute approximate surface area is 246 Å². The molecule has 0 heterocycles. The SMILES string of the molecule is COC(=O)COCCOCCOCCOCCOCCOCCOCCOCCOCCOc1ccc([N+](=O)[O-])cc1. The van der Waals surface area contributed by atoms with Gasteiger partial charge in [0, 0.05) is 12.1 Å². The highest BCUT2D eigenvalue weighted by Crippen LogP contribution is 2.17. The Morgan fingerprint density at radius 1 is 0.548 bits per heavy atom. The van der Waals surface area contributed by atoms with Gasteiger partial charge in [-0.2, -0.15) is 0 Å². The summed E-state index contributed by atoms with van der Waals surface area (Å²) in [5, 5.41) is 10.6. The number of benzene rings is 1. The van der Waals surface area contributed by atoms with E-state index in [9.17, 15) is 14.9 Å². The minimum atomic E-state index is -0.456. The predicted molar refractivity (Wildman–Crippen MR) is 148 cm³/mol. The molecule has 1 aromatic carbocycles. The summed E-state index contributed by atoms with van der Waals surface area (Å²) in [7, 11) is 1.31. The lowest BCUT2D eigenvalue weighted by atomic mass is 10.3. The van der Waals surface area contributed by atoms with Crippen LogP contribution in [0, 0.1) is 10.1 Å². The van der Waals surface area contributed by atoms with E-state index in [4.69, 9.17) is 47.4 Å². The van der Waals surface area contributed by atoms with Crippen molar-refractivity contribution < 1.29 is 61.8 Å². The lowest BCUT2D eigenvalue weighted by Crippen LogP contribution is -2.16. The Morgan fingerprint density at radius 2 is 0.857 bits per heavy atom. The first-order valence-corrected chi connectivity index (χ1v) is 13.8. The Hall–Kier alpha value is -2.47. The molecule has 0 bridgehead atoms. The highest BCUT2D eigenvalue weighted by molar-refractivity contribution is 5.70. The molecule has 0 saturated heterocycles. The Bertz CT molecular complexity index is 768. The van der Waals surface area contributed by atoms with Gasteiger partial charge in [0.2, 0.25) is 0 Å². The first-order chi connectivity index (χ1) is 20.6. The maximum atomic E-state index is 10.8. The molecular formula is C27H45NO14. The van der Waals surface area contributed by atoms with E-state index >= 15 is 0 Å². The monoisotopic (exact) mass is 607 g/mol. The van der Waals surface area contributed by atoms with Gasteiger partial charge in [0.25, 0.3) is 5.69 Å². The predicted octanol–water partition coefficient (Wildman–Crippen LogP) is 1.30. The van der Waals surface area contributed by atoms with Crippen molar-refractivity contribution in [2.75, 3.05) is 133 Å². The summed E-state index contributed by atoms with van der Waals surface area (Å²) in [5.41, 5.74) is 0.0222. The van der Waals surface area contributed by atoms with E-state index in [0.717, 1.165) is 0 Å². The molecule has 0 amide bonds. The standard InChI is InChI=1S/C27H45NO14/c1-32-27(29)24-41-21-20-39-17-16-37-13-12-35-9-8-33-6-7-34-10-11-36-14-15-38-18-19-40-22-23-42-26-4-2-25(3-5-26)28(30)31/h2-5H,6-24H2,1H3. The third-order valence-corrected chi connectivity index (χ3v) is 4.97. The van der Waals surface area contributed by atoms with Crippen LogP contribution in [0.5, 0.6) is 5.75 Å². The molecule has 242 valence electrons. The van der Waals surface area contributed by atoms with Crippen LogP contribution in [0.15, 0.2) is 24.3 Å². The largest absolute Gasteiger partial charge is 0.491 e. The molecule has 0 radical (unpaired) electrons. The second-order valence-electron chi connectivity index (χ2n) is 8.13. The summed E-state index contributed by atoms with van der Waals surface area (Å²) in [5.74, 6) is 0.138. The number of rotatable bonds is 31. The van der Waals surface area contributed by atoms with Crippen molar-refractivity contribution in [3.8, 4) is 5.75 Å². The van der Waals surface area contributed by atoms with Crippen molar-refractivity contribution >= 4 is 11.7 Å². The number of non-ortho nitro benzene ring substituents is 1. The molecule has 0 aromatic heterocycles. The first-order valence-electron chi connectivity index (χ1n) is 13.8. The maximum absolute atomic E-state index is 10.8. The zero-order valence-electron chi connectivity index (χ0n) is 24.4. The first kappa shape index (κ1) is 37.6. The average molecular weight is 608 g/mol. The lowest BCUT2D eigenvalue weighted by Gasteiger charge is -2.09. The van der Waals surface area contributed by atoms with Gasteiger partial charge >= 0.3 is 5.97 Å². The van der Waals surface area contributed by atoms with Gasteiger partial charge < -0.3 is 52.1 Å². The van der Waals surface area contributed by atoms with Gasteiger partial charge in [0.1, 0.15) is 19.0 Å². The van der Waals surface area contributed by atoms with Crippen molar-refractivity contribution in [2.45, 2.75) is 0 Å². The van der Waals surface area contributed by atoms with Crippen LogP contribution in [0.4, 0.5) is 5.69 Å². The van der Waals surface area contributed by atoms with Crippen LogP contribution < -0.4 is 4.74 Å². The van der Waals surface area contributed by atoms with E-state index in [1.54, 1.807) is 12.1 Å². The molecule has 0 aliphatic heterocycles. The number of hydrogen-bond donors (Lipinski definition) is 0. The summed E-state index contributed by atoms with van der Waals surface area (Å²) < 4.78 is 58.2. The Kier molecular flexibility index (Phi) is 25.6. The highest BCUT2D eigenvalue weighted by atomic mass is 16.6. The molecular weight excluding hydrogens is 562 g/mol. The van der Waals surface area contributed by atoms with Gasteiger partial charge in [-0.05, 0) is 12.1 Å². The molecule has 1 aromatic rings. The van der Waals surface area contributed by atoms with Crippen molar-refractivity contribution in [3.05, 3.63) is 34.4 Å². The van der Waals surface area contributed by atoms with Crippen molar-refractivity contribution in [1.29, 1.82) is 0 Å². The molecule has 0 aliphatic rings. The van der Waals surface area contributed by atoms with Crippen LogP contribution in [0.3, 0.4) is 0 Å². The normalized spacial score (nSPS) is 11.1. The van der Waals surface area contributed by atoms with Gasteiger partial charge in [-0.1, -0.05) is 0 Å². The molecule has 0 unspecified atom stereocenters. The van der Waals surface area contributed by atoms with Crippen LogP contribution in [0.25, 0.3) is 0 Å². The van der Waals surface area contributed by atoms with E-state index in [0.29, 0.717) is 125 Å². The summed E-state index contributed by atoms with van der Waals surface area (Å²) >= 11 is 0. The van der Waals surface area contributed by atoms with Gasteiger partial charge in [-0.3, -0.25) is 10.1 Å². The van der Waals surface area contributed by atoms with Crippen LogP contribution in [-0.4, -0.2) is 144 Å². The van der Waals surface area contributed by atoms with E-state index in [-0.39, 0.29) is 12.3 Å². The summed E-state index contributed by atoms with van der Waals surface area (Å²) in [6, 6.07) is 5.89. The molecule has 15 nitrogen and oxygen atoms in total. The number of methoxy groups -OCH3 is 1. The highest BCUT2D eigenvalue weighted by Gasteiger charge is 2.04. The van der Waals surface area contributed by atoms with Crippen LogP contribution >= 0.6 is 0 Å². The molecule has 0 N–H and O–H groups in total. The van der Waals surface area contributed by atoms with Gasteiger partial charge in [-0.25, -0.2) is 4.79 Å². The fourth-order valence-corrected chi connectivity index (χ4v) is 2.86. The second kappa shape index (κ2) is 28.6. The summed E-state index contributed by atoms with van der Waals surface area (Å²) in [6.07, 6.45) is 0. The zero-order chi connectivity index (χ0) is 30.4. The molecule has 0 atom stereocenters. The third-order valence-electron chi connectivity index (χ3n) is 4.97. The number of nitro groups is 1. The van der Waals surface area contributed by atoms with Gasteiger partial charge in [-0.15, -0.1) is 0 Å². The minimum Gasteiger partial charge on any atom is -0.491 e. The van der Waals surface area contributed by atoms with Crippen LogP contribution in [0.2, 0.25) is 0 Å². The molecule has 0 saturated carbocycles. The zero-order valence-corrected chi connectivity index (χ0v) is 24.4. The van der Waals surface area contributed by atoms with E-state index in [1.807, 2.05) is 0 Å². The number of carbonyl (C=O) groups is 1. The molecule has 15 heteroatoms. The molecule has 1 rings (SSSR count). The molecule has 0 spiro atoms.